The van der Waals surface area contributed by atoms with Gasteiger partial charge in [-0.2, -0.15) is 0 Å². The molecule has 20 heavy (non-hydrogen) atoms. The molecule has 0 bridgehead atoms. The van der Waals surface area contributed by atoms with E-state index >= 15 is 0 Å². The van der Waals surface area contributed by atoms with Crippen LogP contribution in [0.5, 0.6) is 0 Å². The van der Waals surface area contributed by atoms with E-state index < -0.39 is 0 Å². The van der Waals surface area contributed by atoms with Crippen molar-refractivity contribution in [1.29, 1.82) is 0 Å². The Morgan fingerprint density at radius 2 is 2.20 bits per heavy atom. The van der Waals surface area contributed by atoms with Crippen molar-refractivity contribution in [3.05, 3.63) is 33.6 Å². The van der Waals surface area contributed by atoms with E-state index in [0.29, 0.717) is 0 Å². The van der Waals surface area contributed by atoms with Crippen LogP contribution in [-0.2, 0) is 19.6 Å². The predicted octanol–water partition coefficient (Wildman–Crippen LogP) is 2.57. The maximum atomic E-state index is 5.36. The van der Waals surface area contributed by atoms with Crippen molar-refractivity contribution in [1.82, 2.24) is 20.4 Å². The van der Waals surface area contributed by atoms with E-state index in [-0.39, 0.29) is 0 Å². The number of aryl methyl sites for hydroxylation is 1. The molecule has 0 radical (unpaired) electrons. The summed E-state index contributed by atoms with van der Waals surface area (Å²) in [6, 6.07) is 2.02. The second-order valence-corrected chi connectivity index (χ2v) is 6.05. The summed E-state index contributed by atoms with van der Waals surface area (Å²) in [4.78, 5) is 6.65. The van der Waals surface area contributed by atoms with E-state index in [0.717, 1.165) is 54.8 Å². The van der Waals surface area contributed by atoms with Gasteiger partial charge in [-0.15, -0.1) is 11.3 Å². The van der Waals surface area contributed by atoms with E-state index in [1.54, 1.807) is 11.3 Å². The van der Waals surface area contributed by atoms with E-state index in [2.05, 4.69) is 39.7 Å². The molecule has 1 N–H and O–H groups in total. The van der Waals surface area contributed by atoms with Gasteiger partial charge in [0.1, 0.15) is 0 Å². The van der Waals surface area contributed by atoms with Crippen molar-refractivity contribution in [2.75, 3.05) is 13.6 Å². The Hall–Kier alpha value is -1.24. The van der Waals surface area contributed by atoms with Crippen molar-refractivity contribution in [3.63, 3.8) is 0 Å². The summed E-state index contributed by atoms with van der Waals surface area (Å²) >= 11 is 1.69. The van der Waals surface area contributed by atoms with E-state index in [1.807, 2.05) is 13.0 Å². The van der Waals surface area contributed by atoms with E-state index in [1.165, 1.54) is 0 Å². The molecular weight excluding hydrogens is 272 g/mol. The van der Waals surface area contributed by atoms with Crippen LogP contribution in [0.4, 0.5) is 0 Å². The summed E-state index contributed by atoms with van der Waals surface area (Å²) in [5.74, 6) is 0.896. The molecule has 110 valence electrons. The Morgan fingerprint density at radius 1 is 1.35 bits per heavy atom. The summed E-state index contributed by atoms with van der Waals surface area (Å²) in [7, 11) is 2.06. The minimum atomic E-state index is 0.747. The highest BCUT2D eigenvalue weighted by Crippen LogP contribution is 2.12. The Balaban J connectivity index is 1.80. The molecule has 6 heteroatoms. The minimum absolute atomic E-state index is 0.747. The van der Waals surface area contributed by atoms with Crippen LogP contribution in [0.25, 0.3) is 0 Å². The van der Waals surface area contributed by atoms with Crippen LogP contribution in [0.1, 0.15) is 35.5 Å². The van der Waals surface area contributed by atoms with Gasteiger partial charge < -0.3 is 9.84 Å². The van der Waals surface area contributed by atoms with Crippen LogP contribution in [0, 0.1) is 6.92 Å². The van der Waals surface area contributed by atoms with Gasteiger partial charge in [-0.1, -0.05) is 12.1 Å². The van der Waals surface area contributed by atoms with Gasteiger partial charge in [0.05, 0.1) is 22.9 Å². The lowest BCUT2D eigenvalue weighted by atomic mass is 10.3. The molecule has 0 saturated carbocycles. The van der Waals surface area contributed by atoms with Crippen LogP contribution in [-0.4, -0.2) is 28.6 Å². The fourth-order valence-corrected chi connectivity index (χ4v) is 2.59. The molecule has 2 aromatic heterocycles. The van der Waals surface area contributed by atoms with Crippen molar-refractivity contribution in [3.8, 4) is 0 Å². The van der Waals surface area contributed by atoms with Crippen LogP contribution in [0.15, 0.2) is 16.0 Å². The van der Waals surface area contributed by atoms with Gasteiger partial charge in [0.2, 0.25) is 0 Å². The second kappa shape index (κ2) is 7.52. The third-order valence-corrected chi connectivity index (χ3v) is 3.69. The van der Waals surface area contributed by atoms with E-state index in [9.17, 15) is 0 Å². The van der Waals surface area contributed by atoms with Crippen LogP contribution < -0.4 is 5.32 Å². The molecule has 2 aromatic rings. The average Bonchev–Trinajstić information content (AvgIpc) is 2.99. The SMILES string of the molecule is CCCNCc1cc(CN(C)Cc2csc(C)n2)on1. The molecule has 2 rings (SSSR count). The summed E-state index contributed by atoms with van der Waals surface area (Å²) in [6.07, 6.45) is 1.13. The third-order valence-electron chi connectivity index (χ3n) is 2.86. The van der Waals surface area contributed by atoms with Gasteiger partial charge in [0, 0.05) is 24.5 Å². The fraction of sp³-hybridized carbons (Fsp3) is 0.571. The van der Waals surface area contributed by atoms with Gasteiger partial charge in [-0.05, 0) is 26.9 Å². The van der Waals surface area contributed by atoms with Gasteiger partial charge >= 0.3 is 0 Å². The van der Waals surface area contributed by atoms with Crippen LogP contribution in [0.3, 0.4) is 0 Å². The Morgan fingerprint density at radius 3 is 2.90 bits per heavy atom. The number of thiazole rings is 1. The highest BCUT2D eigenvalue weighted by Gasteiger charge is 2.09. The molecule has 0 amide bonds. The molecular formula is C14H22N4OS. The molecule has 0 aliphatic rings. The first kappa shape index (κ1) is 15.2. The smallest absolute Gasteiger partial charge is 0.151 e. The first-order chi connectivity index (χ1) is 9.67. The first-order valence-corrected chi connectivity index (χ1v) is 7.80. The molecule has 0 saturated heterocycles. The topological polar surface area (TPSA) is 54.2 Å². The summed E-state index contributed by atoms with van der Waals surface area (Å²) < 4.78 is 5.36. The molecule has 0 unspecified atom stereocenters. The van der Waals surface area contributed by atoms with Crippen LogP contribution in [0.2, 0.25) is 0 Å². The molecule has 0 fully saturated rings. The number of nitrogens with one attached hydrogen (secondary N) is 1. The fourth-order valence-electron chi connectivity index (χ4n) is 1.99. The number of hydrogen-bond donors (Lipinski definition) is 1. The van der Waals surface area contributed by atoms with Crippen LogP contribution >= 0.6 is 11.3 Å². The summed E-state index contributed by atoms with van der Waals surface area (Å²) in [5, 5.41) is 10.6. The number of nitrogens with zero attached hydrogens (tertiary/aromatic N) is 3. The zero-order valence-electron chi connectivity index (χ0n) is 12.3. The number of hydrogen-bond acceptors (Lipinski definition) is 6. The molecule has 0 aliphatic carbocycles. The van der Waals surface area contributed by atoms with Crippen molar-refractivity contribution in [2.45, 2.75) is 39.9 Å². The predicted molar refractivity (Wildman–Crippen MR) is 80.5 cm³/mol. The molecule has 5 nitrogen and oxygen atoms in total. The monoisotopic (exact) mass is 294 g/mol. The van der Waals surface area contributed by atoms with E-state index in [4.69, 9.17) is 4.52 Å². The lowest BCUT2D eigenvalue weighted by Crippen LogP contribution is -2.17. The highest BCUT2D eigenvalue weighted by atomic mass is 32.1. The van der Waals surface area contributed by atoms with Crippen molar-refractivity contribution >= 4 is 11.3 Å². The number of rotatable bonds is 8. The zero-order chi connectivity index (χ0) is 14.4. The first-order valence-electron chi connectivity index (χ1n) is 6.92. The lowest BCUT2D eigenvalue weighted by molar-refractivity contribution is 0.263. The Bertz CT molecular complexity index is 523. The normalized spacial score (nSPS) is 11.4. The molecule has 0 aromatic carbocycles. The highest BCUT2D eigenvalue weighted by molar-refractivity contribution is 7.09. The standard InChI is InChI=1S/C14H22N4OS/c1-4-5-15-7-12-6-14(19-17-12)9-18(3)8-13-10-20-11(2)16-13/h6,10,15H,4-5,7-9H2,1-3H3. The maximum absolute atomic E-state index is 5.36. The Labute approximate surface area is 124 Å². The van der Waals surface area contributed by atoms with Crippen molar-refractivity contribution in [2.24, 2.45) is 0 Å². The van der Waals surface area contributed by atoms with Gasteiger partial charge in [0.25, 0.3) is 0 Å². The van der Waals surface area contributed by atoms with Gasteiger partial charge in [-0.3, -0.25) is 4.90 Å². The largest absolute Gasteiger partial charge is 0.360 e. The quantitative estimate of drug-likeness (QED) is 0.758. The van der Waals surface area contributed by atoms with Crippen molar-refractivity contribution < 1.29 is 4.52 Å². The minimum Gasteiger partial charge on any atom is -0.360 e. The third kappa shape index (κ3) is 4.70. The zero-order valence-corrected chi connectivity index (χ0v) is 13.2. The second-order valence-electron chi connectivity index (χ2n) is 4.99. The Kier molecular flexibility index (Phi) is 5.70. The molecule has 0 spiro atoms. The number of aromatic nitrogens is 2. The molecule has 2 heterocycles. The summed E-state index contributed by atoms with van der Waals surface area (Å²) in [5.41, 5.74) is 2.07. The van der Waals surface area contributed by atoms with Gasteiger partial charge in [0.15, 0.2) is 5.76 Å². The molecule has 0 atom stereocenters. The van der Waals surface area contributed by atoms with Gasteiger partial charge in [-0.25, -0.2) is 4.98 Å². The maximum Gasteiger partial charge on any atom is 0.151 e. The summed E-state index contributed by atoms with van der Waals surface area (Å²) in [6.45, 7) is 7.53. The average molecular weight is 294 g/mol. The molecule has 0 aliphatic heterocycles. The lowest BCUT2D eigenvalue weighted by Gasteiger charge is -2.12.